The molecule has 6 nitrogen and oxygen atoms in total. The van der Waals surface area contributed by atoms with Crippen LogP contribution in [0.25, 0.3) is 0 Å². The summed E-state index contributed by atoms with van der Waals surface area (Å²) < 4.78 is 5.68. The van der Waals surface area contributed by atoms with Crippen LogP contribution < -0.4 is 4.74 Å². The molecule has 1 aliphatic rings. The zero-order chi connectivity index (χ0) is 20.1. The van der Waals surface area contributed by atoms with E-state index in [0.29, 0.717) is 38.2 Å². The minimum Gasteiger partial charge on any atom is -0.507 e. The van der Waals surface area contributed by atoms with Gasteiger partial charge in [0.25, 0.3) is 5.91 Å². The Hall–Kier alpha value is -3.02. The van der Waals surface area contributed by atoms with Gasteiger partial charge in [0.15, 0.2) is 0 Å². The Morgan fingerprint density at radius 3 is 2.36 bits per heavy atom. The van der Waals surface area contributed by atoms with E-state index < -0.39 is 0 Å². The number of aromatic hydroxyl groups is 1. The van der Waals surface area contributed by atoms with Crippen LogP contribution in [0.3, 0.4) is 0 Å². The Morgan fingerprint density at radius 2 is 1.68 bits per heavy atom. The molecular formula is C22H26N2O4. The van der Waals surface area contributed by atoms with Crippen molar-refractivity contribution in [3.05, 3.63) is 59.7 Å². The van der Waals surface area contributed by atoms with Crippen LogP contribution in [0.1, 0.15) is 29.8 Å². The number of piperazine rings is 1. The predicted octanol–water partition coefficient (Wildman–Crippen LogP) is 2.71. The van der Waals surface area contributed by atoms with Crippen LogP contribution in [-0.4, -0.2) is 59.0 Å². The van der Waals surface area contributed by atoms with E-state index in [2.05, 4.69) is 0 Å². The fraction of sp³-hybridized carbons (Fsp3) is 0.364. The Labute approximate surface area is 165 Å². The largest absolute Gasteiger partial charge is 0.507 e. The number of amides is 2. The molecule has 0 atom stereocenters. The van der Waals surface area contributed by atoms with Crippen LogP contribution in [0.4, 0.5) is 0 Å². The Morgan fingerprint density at radius 1 is 1.00 bits per heavy atom. The first kappa shape index (κ1) is 19.7. The molecule has 1 saturated heterocycles. The molecule has 1 fully saturated rings. The Bertz CT molecular complexity index is 842. The molecule has 28 heavy (non-hydrogen) atoms. The van der Waals surface area contributed by atoms with Crippen molar-refractivity contribution >= 4 is 11.8 Å². The van der Waals surface area contributed by atoms with Gasteiger partial charge in [0.05, 0.1) is 18.1 Å². The fourth-order valence-electron chi connectivity index (χ4n) is 3.27. The summed E-state index contributed by atoms with van der Waals surface area (Å²) in [5, 5.41) is 9.87. The van der Waals surface area contributed by atoms with Gasteiger partial charge in [-0.15, -0.1) is 0 Å². The smallest absolute Gasteiger partial charge is 0.257 e. The van der Waals surface area contributed by atoms with Gasteiger partial charge in [-0.1, -0.05) is 24.3 Å². The highest BCUT2D eigenvalue weighted by molar-refractivity contribution is 5.97. The molecule has 3 rings (SSSR count). The van der Waals surface area contributed by atoms with E-state index in [9.17, 15) is 14.7 Å². The minimum absolute atomic E-state index is 0.0190. The third-order valence-electron chi connectivity index (χ3n) is 4.68. The summed E-state index contributed by atoms with van der Waals surface area (Å²) in [7, 11) is 0. The summed E-state index contributed by atoms with van der Waals surface area (Å²) in [6.45, 7) is 5.81. The number of carbonyl (C=O) groups excluding carboxylic acids is 2. The summed E-state index contributed by atoms with van der Waals surface area (Å²) in [6.07, 6.45) is 0.392. The molecule has 0 spiro atoms. The van der Waals surface area contributed by atoms with E-state index in [1.807, 2.05) is 38.1 Å². The molecule has 0 aliphatic carbocycles. The van der Waals surface area contributed by atoms with Crippen molar-refractivity contribution in [2.24, 2.45) is 0 Å². The summed E-state index contributed by atoms with van der Waals surface area (Å²) >= 11 is 0. The maximum atomic E-state index is 12.6. The van der Waals surface area contributed by atoms with Crippen molar-refractivity contribution in [2.75, 3.05) is 26.2 Å². The first-order valence-corrected chi connectivity index (χ1v) is 9.54. The van der Waals surface area contributed by atoms with Crippen LogP contribution >= 0.6 is 0 Å². The van der Waals surface area contributed by atoms with E-state index >= 15 is 0 Å². The first-order valence-electron chi connectivity index (χ1n) is 9.54. The van der Waals surface area contributed by atoms with Crippen molar-refractivity contribution in [2.45, 2.75) is 26.4 Å². The van der Waals surface area contributed by atoms with Gasteiger partial charge in [-0.2, -0.15) is 0 Å². The van der Waals surface area contributed by atoms with Gasteiger partial charge in [-0.05, 0) is 43.7 Å². The monoisotopic (exact) mass is 382 g/mol. The Balaban J connectivity index is 1.55. The molecule has 0 unspecified atom stereocenters. The highest BCUT2D eigenvalue weighted by Gasteiger charge is 2.26. The lowest BCUT2D eigenvalue weighted by molar-refractivity contribution is -0.131. The lowest BCUT2D eigenvalue weighted by Gasteiger charge is -2.35. The van der Waals surface area contributed by atoms with Crippen molar-refractivity contribution in [1.29, 1.82) is 0 Å². The summed E-state index contributed by atoms with van der Waals surface area (Å²) in [6, 6.07) is 14.1. The van der Waals surface area contributed by atoms with E-state index in [1.165, 1.54) is 6.07 Å². The number of phenols is 1. The topological polar surface area (TPSA) is 70.1 Å². The van der Waals surface area contributed by atoms with Crippen LogP contribution in [0.15, 0.2) is 48.5 Å². The molecule has 1 aliphatic heterocycles. The van der Waals surface area contributed by atoms with E-state index in [1.54, 1.807) is 28.0 Å². The number of hydrogen-bond acceptors (Lipinski definition) is 4. The molecule has 2 aromatic rings. The number of hydrogen-bond donors (Lipinski definition) is 1. The van der Waals surface area contributed by atoms with E-state index in [0.717, 1.165) is 11.3 Å². The van der Waals surface area contributed by atoms with Crippen LogP contribution in [-0.2, 0) is 11.2 Å². The standard InChI is InChI=1S/C22H26N2O4/c1-16(2)28-18-7-5-6-17(14-18)15-21(26)23-10-12-24(13-11-23)22(27)19-8-3-4-9-20(19)25/h3-9,14,16,25H,10-13,15H2,1-2H3. The maximum Gasteiger partial charge on any atom is 0.257 e. The Kier molecular flexibility index (Phi) is 6.19. The van der Waals surface area contributed by atoms with Gasteiger partial charge in [-0.25, -0.2) is 0 Å². The van der Waals surface area contributed by atoms with Crippen molar-refractivity contribution in [3.63, 3.8) is 0 Å². The zero-order valence-corrected chi connectivity index (χ0v) is 16.3. The third-order valence-corrected chi connectivity index (χ3v) is 4.68. The van der Waals surface area contributed by atoms with E-state index in [4.69, 9.17) is 4.74 Å². The summed E-state index contributed by atoms with van der Waals surface area (Å²) in [5.74, 6) is 0.577. The highest BCUT2D eigenvalue weighted by atomic mass is 16.5. The highest BCUT2D eigenvalue weighted by Crippen LogP contribution is 2.20. The third kappa shape index (κ3) is 4.82. The number of benzene rings is 2. The molecule has 2 aromatic carbocycles. The molecule has 0 radical (unpaired) electrons. The van der Waals surface area contributed by atoms with E-state index in [-0.39, 0.29) is 23.7 Å². The van der Waals surface area contributed by atoms with Crippen molar-refractivity contribution in [3.8, 4) is 11.5 Å². The average molecular weight is 382 g/mol. The lowest BCUT2D eigenvalue weighted by Crippen LogP contribution is -2.51. The summed E-state index contributed by atoms with van der Waals surface area (Å²) in [4.78, 5) is 28.7. The molecule has 1 N–H and O–H groups in total. The molecule has 0 saturated carbocycles. The minimum atomic E-state index is -0.205. The molecular weight excluding hydrogens is 356 g/mol. The lowest BCUT2D eigenvalue weighted by atomic mass is 10.1. The molecule has 0 bridgehead atoms. The normalized spacial score (nSPS) is 14.2. The van der Waals surface area contributed by atoms with Crippen LogP contribution in [0, 0.1) is 0 Å². The molecule has 2 amide bonds. The van der Waals surface area contributed by atoms with Crippen LogP contribution in [0.2, 0.25) is 0 Å². The maximum absolute atomic E-state index is 12.6. The second kappa shape index (κ2) is 8.78. The zero-order valence-electron chi connectivity index (χ0n) is 16.3. The molecule has 6 heteroatoms. The second-order valence-corrected chi connectivity index (χ2v) is 7.18. The number of para-hydroxylation sites is 1. The quantitative estimate of drug-likeness (QED) is 0.863. The van der Waals surface area contributed by atoms with Crippen molar-refractivity contribution < 1.29 is 19.4 Å². The molecule has 0 aromatic heterocycles. The second-order valence-electron chi connectivity index (χ2n) is 7.18. The van der Waals surface area contributed by atoms with Gasteiger partial charge in [0.1, 0.15) is 11.5 Å². The van der Waals surface area contributed by atoms with Gasteiger partial charge in [-0.3, -0.25) is 9.59 Å². The number of ether oxygens (including phenoxy) is 1. The first-order chi connectivity index (χ1) is 13.4. The number of nitrogens with zero attached hydrogens (tertiary/aromatic N) is 2. The van der Waals surface area contributed by atoms with Gasteiger partial charge in [0.2, 0.25) is 5.91 Å². The van der Waals surface area contributed by atoms with Crippen molar-refractivity contribution in [1.82, 2.24) is 9.80 Å². The molecule has 148 valence electrons. The van der Waals surface area contributed by atoms with Gasteiger partial charge < -0.3 is 19.6 Å². The fourth-order valence-corrected chi connectivity index (χ4v) is 3.27. The van der Waals surface area contributed by atoms with Gasteiger partial charge >= 0.3 is 0 Å². The molecule has 1 heterocycles. The van der Waals surface area contributed by atoms with Gasteiger partial charge in [0, 0.05) is 26.2 Å². The number of phenolic OH excluding ortho intramolecular Hbond substituents is 1. The SMILES string of the molecule is CC(C)Oc1cccc(CC(=O)N2CCN(C(=O)c3ccccc3O)CC2)c1. The number of carbonyl (C=O) groups is 2. The van der Waals surface area contributed by atoms with Crippen LogP contribution in [0.5, 0.6) is 11.5 Å². The number of rotatable bonds is 5. The predicted molar refractivity (Wildman–Crippen MR) is 107 cm³/mol. The average Bonchev–Trinajstić information content (AvgIpc) is 2.68. The summed E-state index contributed by atoms with van der Waals surface area (Å²) in [5.41, 5.74) is 1.21.